The molecule has 0 aromatic heterocycles. The molecule has 0 unspecified atom stereocenters. The normalized spacial score (nSPS) is 13.2. The Morgan fingerprint density at radius 2 is 1.12 bits per heavy atom. The Kier molecular flexibility index (Phi) is 16.9. The summed E-state index contributed by atoms with van der Waals surface area (Å²) < 4.78 is 26.2. The van der Waals surface area contributed by atoms with Gasteiger partial charge in [-0.1, -0.05) is 68.4 Å². The van der Waals surface area contributed by atoms with Crippen molar-refractivity contribution in [2.45, 2.75) is 71.1 Å². The van der Waals surface area contributed by atoms with Crippen molar-refractivity contribution in [3.05, 3.63) is 48.6 Å². The Labute approximate surface area is 155 Å². The molecule has 0 aliphatic heterocycles. The summed E-state index contributed by atoms with van der Waals surface area (Å²) in [7, 11) is -3.28. The maximum absolute atomic E-state index is 10.8. The van der Waals surface area contributed by atoms with E-state index in [9.17, 15) is 8.42 Å². The van der Waals surface area contributed by atoms with Crippen LogP contribution in [0, 0.1) is 0 Å². The van der Waals surface area contributed by atoms with E-state index in [4.69, 9.17) is 0 Å². The Hall–Kier alpha value is -1.13. The number of hydrogen-bond donors (Lipinski definition) is 0. The number of unbranched alkanes of at least 4 members (excludes halogenated alkanes) is 5. The van der Waals surface area contributed by atoms with E-state index < -0.39 is 10.1 Å². The third-order valence-corrected chi connectivity index (χ3v) is 4.11. The summed E-state index contributed by atoms with van der Waals surface area (Å²) in [6.07, 6.45) is 29.5. The molecule has 0 rings (SSSR count). The minimum absolute atomic E-state index is 0.285. The summed E-state index contributed by atoms with van der Waals surface area (Å²) in [5.41, 5.74) is 0. The summed E-state index contributed by atoms with van der Waals surface area (Å²) in [4.78, 5) is 0. The van der Waals surface area contributed by atoms with Gasteiger partial charge in [0.2, 0.25) is 0 Å². The zero-order chi connectivity index (χ0) is 18.6. The lowest BCUT2D eigenvalue weighted by Crippen LogP contribution is -2.03. The Balaban J connectivity index is 3.43. The highest BCUT2D eigenvalue weighted by Gasteiger charge is 1.99. The average molecular weight is 369 g/mol. The second-order valence-electron chi connectivity index (χ2n) is 6.11. The number of hydrogen-bond acceptors (Lipinski definition) is 3. The van der Waals surface area contributed by atoms with Crippen molar-refractivity contribution >= 4 is 10.1 Å². The standard InChI is InChI=1S/C21H36O3S/c1-3-4-5-6-7-8-9-10-11-12-13-14-15-16-17-18-19-20-21-24-25(2,22)23/h7-8,10-11,13-14,16-17H,3-6,9,12,15,18-21H2,1-2H3/b8-7?,11-10?,14-13-,17-16-. The zero-order valence-corrected chi connectivity index (χ0v) is 16.8. The summed E-state index contributed by atoms with van der Waals surface area (Å²) >= 11 is 0. The van der Waals surface area contributed by atoms with E-state index in [0.29, 0.717) is 0 Å². The van der Waals surface area contributed by atoms with Gasteiger partial charge < -0.3 is 0 Å². The minimum atomic E-state index is -3.28. The highest BCUT2D eigenvalue weighted by atomic mass is 32.2. The summed E-state index contributed by atoms with van der Waals surface area (Å²) in [5, 5.41) is 0. The molecule has 144 valence electrons. The van der Waals surface area contributed by atoms with E-state index in [1.54, 1.807) is 0 Å². The molecule has 0 aromatic rings. The van der Waals surface area contributed by atoms with Gasteiger partial charge in [0.1, 0.15) is 0 Å². The van der Waals surface area contributed by atoms with Gasteiger partial charge in [-0.15, -0.1) is 0 Å². The lowest BCUT2D eigenvalue weighted by molar-refractivity contribution is 0.312. The molecule has 0 radical (unpaired) electrons. The fraction of sp³-hybridized carbons (Fsp3) is 0.619. The topological polar surface area (TPSA) is 43.4 Å². The molecule has 25 heavy (non-hydrogen) atoms. The van der Waals surface area contributed by atoms with Crippen molar-refractivity contribution in [2.75, 3.05) is 12.9 Å². The number of rotatable bonds is 16. The molecule has 0 aliphatic rings. The third-order valence-electron chi connectivity index (χ3n) is 3.52. The molecule has 0 fully saturated rings. The van der Waals surface area contributed by atoms with Crippen molar-refractivity contribution in [3.63, 3.8) is 0 Å². The highest BCUT2D eigenvalue weighted by Crippen LogP contribution is 2.02. The van der Waals surface area contributed by atoms with E-state index >= 15 is 0 Å². The van der Waals surface area contributed by atoms with E-state index in [0.717, 1.165) is 44.8 Å². The van der Waals surface area contributed by atoms with Crippen LogP contribution in [-0.2, 0) is 14.3 Å². The van der Waals surface area contributed by atoms with Gasteiger partial charge in [0.15, 0.2) is 0 Å². The van der Waals surface area contributed by atoms with Gasteiger partial charge in [-0.3, -0.25) is 4.18 Å². The highest BCUT2D eigenvalue weighted by molar-refractivity contribution is 7.85. The van der Waals surface area contributed by atoms with Crippen molar-refractivity contribution in [3.8, 4) is 0 Å². The van der Waals surface area contributed by atoms with Gasteiger partial charge in [-0.25, -0.2) is 0 Å². The quantitative estimate of drug-likeness (QED) is 0.187. The minimum Gasteiger partial charge on any atom is -0.270 e. The van der Waals surface area contributed by atoms with Crippen LogP contribution >= 0.6 is 0 Å². The van der Waals surface area contributed by atoms with E-state index in [-0.39, 0.29) is 6.61 Å². The first-order valence-corrected chi connectivity index (χ1v) is 11.3. The molecule has 0 atom stereocenters. The van der Waals surface area contributed by atoms with Gasteiger partial charge >= 0.3 is 0 Å². The molecule has 4 heteroatoms. The molecule has 0 aliphatic carbocycles. The third kappa shape index (κ3) is 22.9. The first-order valence-electron chi connectivity index (χ1n) is 9.50. The molecule has 0 aromatic carbocycles. The monoisotopic (exact) mass is 368 g/mol. The summed E-state index contributed by atoms with van der Waals surface area (Å²) in [5.74, 6) is 0. The smallest absolute Gasteiger partial charge is 0.264 e. The van der Waals surface area contributed by atoms with Gasteiger partial charge in [0, 0.05) is 0 Å². The molecule has 0 N–H and O–H groups in total. The van der Waals surface area contributed by atoms with Gasteiger partial charge in [-0.2, -0.15) is 8.42 Å². The van der Waals surface area contributed by atoms with Gasteiger partial charge in [-0.05, 0) is 51.4 Å². The zero-order valence-electron chi connectivity index (χ0n) is 16.0. The molecular weight excluding hydrogens is 332 g/mol. The fourth-order valence-corrected chi connectivity index (χ4v) is 2.56. The van der Waals surface area contributed by atoms with Crippen LogP contribution in [0.4, 0.5) is 0 Å². The van der Waals surface area contributed by atoms with Crippen LogP contribution in [0.2, 0.25) is 0 Å². The van der Waals surface area contributed by atoms with Crippen molar-refractivity contribution in [1.82, 2.24) is 0 Å². The van der Waals surface area contributed by atoms with Crippen LogP contribution in [0.3, 0.4) is 0 Å². The molecule has 0 amide bonds. The molecule has 3 nitrogen and oxygen atoms in total. The summed E-state index contributed by atoms with van der Waals surface area (Å²) in [6.45, 7) is 2.52. The molecule has 0 spiro atoms. The Morgan fingerprint density at radius 3 is 1.56 bits per heavy atom. The molecule has 0 saturated heterocycles. The van der Waals surface area contributed by atoms with Crippen molar-refractivity contribution < 1.29 is 12.6 Å². The fourth-order valence-electron chi connectivity index (χ4n) is 2.14. The first kappa shape index (κ1) is 23.9. The molecule has 0 saturated carbocycles. The maximum atomic E-state index is 10.8. The second-order valence-corrected chi connectivity index (χ2v) is 7.75. The average Bonchev–Trinajstić information content (AvgIpc) is 2.56. The first-order chi connectivity index (χ1) is 12.1. The van der Waals surface area contributed by atoms with Crippen LogP contribution in [0.5, 0.6) is 0 Å². The SMILES string of the molecule is CCCCCC=CCC=CC/C=C\C/C=C\CCCCOS(C)(=O)=O. The largest absolute Gasteiger partial charge is 0.270 e. The lowest BCUT2D eigenvalue weighted by Gasteiger charge is -1.98. The van der Waals surface area contributed by atoms with Gasteiger partial charge in [0.25, 0.3) is 10.1 Å². The van der Waals surface area contributed by atoms with Crippen LogP contribution in [-0.4, -0.2) is 21.3 Å². The lowest BCUT2D eigenvalue weighted by atomic mass is 10.2. The van der Waals surface area contributed by atoms with E-state index in [2.05, 4.69) is 59.7 Å². The van der Waals surface area contributed by atoms with Crippen LogP contribution in [0.15, 0.2) is 48.6 Å². The maximum Gasteiger partial charge on any atom is 0.264 e. The predicted octanol–water partition coefficient (Wildman–Crippen LogP) is 6.11. The van der Waals surface area contributed by atoms with Crippen molar-refractivity contribution in [2.24, 2.45) is 0 Å². The summed E-state index contributed by atoms with van der Waals surface area (Å²) in [6, 6.07) is 0. The van der Waals surface area contributed by atoms with E-state index in [1.165, 1.54) is 25.7 Å². The predicted molar refractivity (Wildman–Crippen MR) is 109 cm³/mol. The van der Waals surface area contributed by atoms with Crippen molar-refractivity contribution in [1.29, 1.82) is 0 Å². The Morgan fingerprint density at radius 1 is 0.680 bits per heavy atom. The van der Waals surface area contributed by atoms with E-state index in [1.807, 2.05) is 0 Å². The molecule has 0 heterocycles. The molecular formula is C21H36O3S. The van der Waals surface area contributed by atoms with Crippen LogP contribution in [0.25, 0.3) is 0 Å². The van der Waals surface area contributed by atoms with Crippen LogP contribution in [0.1, 0.15) is 71.1 Å². The Bertz CT molecular complexity index is 499. The molecule has 0 bridgehead atoms. The second kappa shape index (κ2) is 17.7. The number of allylic oxidation sites excluding steroid dienone is 8. The van der Waals surface area contributed by atoms with Crippen LogP contribution < -0.4 is 0 Å². The van der Waals surface area contributed by atoms with Gasteiger partial charge in [0.05, 0.1) is 12.9 Å².